The van der Waals surface area contributed by atoms with Crippen LogP contribution in [-0.2, 0) is 16.0 Å². The number of fused-ring (bicyclic) bond motifs is 1. The van der Waals surface area contributed by atoms with Crippen molar-refractivity contribution in [2.24, 2.45) is 0 Å². The van der Waals surface area contributed by atoms with Gasteiger partial charge in [-0.2, -0.15) is 0 Å². The number of methoxy groups -OCH3 is 1. The molecule has 0 amide bonds. The summed E-state index contributed by atoms with van der Waals surface area (Å²) in [4.78, 5) is 24.2. The van der Waals surface area contributed by atoms with Crippen molar-refractivity contribution in [3.05, 3.63) is 64.7 Å². The molecule has 22 heavy (non-hydrogen) atoms. The number of carbonyl (C=O) groups is 2. The minimum atomic E-state index is -0.355. The Balaban J connectivity index is 2.00. The van der Waals surface area contributed by atoms with E-state index in [2.05, 4.69) is 0 Å². The van der Waals surface area contributed by atoms with Gasteiger partial charge in [0.2, 0.25) is 0 Å². The molecule has 0 spiro atoms. The molecule has 1 unspecified atom stereocenters. The van der Waals surface area contributed by atoms with Gasteiger partial charge in [0.05, 0.1) is 18.6 Å². The van der Waals surface area contributed by atoms with Gasteiger partial charge in [-0.15, -0.1) is 0 Å². The van der Waals surface area contributed by atoms with Crippen molar-refractivity contribution < 1.29 is 19.4 Å². The van der Waals surface area contributed by atoms with Gasteiger partial charge in [-0.1, -0.05) is 30.3 Å². The van der Waals surface area contributed by atoms with Gasteiger partial charge in [0, 0.05) is 5.56 Å². The zero-order chi connectivity index (χ0) is 15.7. The van der Waals surface area contributed by atoms with Crippen molar-refractivity contribution in [1.29, 1.82) is 0 Å². The lowest BCUT2D eigenvalue weighted by molar-refractivity contribution is -0.142. The molecule has 0 radical (unpaired) electrons. The molecule has 0 aromatic heterocycles. The molecule has 1 atom stereocenters. The standard InChI is InChI=1S/C18H16O4/c1-22-18(21)13-8-7-12-9-15(16(19)10-14(12)13)17(20)11-5-3-2-4-6-11/h2-6,9-10,13,19H,7-8H2,1H3. The molecule has 0 bridgehead atoms. The second kappa shape index (κ2) is 5.64. The topological polar surface area (TPSA) is 63.6 Å². The zero-order valence-corrected chi connectivity index (χ0v) is 12.2. The Labute approximate surface area is 128 Å². The summed E-state index contributed by atoms with van der Waals surface area (Å²) in [6.45, 7) is 0. The van der Waals surface area contributed by atoms with Gasteiger partial charge in [0.1, 0.15) is 5.75 Å². The van der Waals surface area contributed by atoms with Crippen LogP contribution in [0.3, 0.4) is 0 Å². The molecule has 3 rings (SSSR count). The van der Waals surface area contributed by atoms with Crippen molar-refractivity contribution in [3.8, 4) is 5.75 Å². The number of aromatic hydroxyl groups is 1. The van der Waals surface area contributed by atoms with Crippen LogP contribution >= 0.6 is 0 Å². The number of benzene rings is 2. The monoisotopic (exact) mass is 296 g/mol. The van der Waals surface area contributed by atoms with Crippen LogP contribution in [0.5, 0.6) is 5.75 Å². The van der Waals surface area contributed by atoms with Gasteiger partial charge in [0.15, 0.2) is 5.78 Å². The van der Waals surface area contributed by atoms with Crippen LogP contribution in [0.25, 0.3) is 0 Å². The average Bonchev–Trinajstić information content (AvgIpc) is 2.96. The van der Waals surface area contributed by atoms with E-state index in [1.165, 1.54) is 13.2 Å². The molecule has 0 fully saturated rings. The van der Waals surface area contributed by atoms with E-state index in [0.29, 0.717) is 18.4 Å². The lowest BCUT2D eigenvalue weighted by Gasteiger charge is -2.11. The largest absolute Gasteiger partial charge is 0.507 e. The van der Waals surface area contributed by atoms with Crippen LogP contribution in [-0.4, -0.2) is 24.0 Å². The summed E-state index contributed by atoms with van der Waals surface area (Å²) in [7, 11) is 1.35. The number of phenols is 1. The highest BCUT2D eigenvalue weighted by Gasteiger charge is 2.31. The number of ether oxygens (including phenoxy) is 1. The number of rotatable bonds is 3. The Morgan fingerprint density at radius 3 is 2.59 bits per heavy atom. The van der Waals surface area contributed by atoms with Gasteiger partial charge in [0.25, 0.3) is 0 Å². The number of esters is 1. The molecule has 0 heterocycles. The molecule has 112 valence electrons. The SMILES string of the molecule is COC(=O)C1CCc2cc(C(=O)c3ccccc3)c(O)cc21. The maximum Gasteiger partial charge on any atom is 0.313 e. The Morgan fingerprint density at radius 1 is 1.18 bits per heavy atom. The van der Waals surface area contributed by atoms with Crippen LogP contribution in [0.2, 0.25) is 0 Å². The van der Waals surface area contributed by atoms with Crippen LogP contribution < -0.4 is 0 Å². The fourth-order valence-electron chi connectivity index (χ4n) is 2.96. The Morgan fingerprint density at radius 2 is 1.91 bits per heavy atom. The summed E-state index contributed by atoms with van der Waals surface area (Å²) in [6.07, 6.45) is 1.34. The summed E-state index contributed by atoms with van der Waals surface area (Å²) >= 11 is 0. The average molecular weight is 296 g/mol. The number of hydrogen-bond donors (Lipinski definition) is 1. The van der Waals surface area contributed by atoms with Crippen LogP contribution in [0.1, 0.15) is 39.4 Å². The van der Waals surface area contributed by atoms with Crippen molar-refractivity contribution >= 4 is 11.8 Å². The Bertz CT molecular complexity index is 734. The number of phenolic OH excluding ortho intramolecular Hbond substituents is 1. The maximum absolute atomic E-state index is 12.5. The fraction of sp³-hybridized carbons (Fsp3) is 0.222. The van der Waals surface area contributed by atoms with E-state index in [9.17, 15) is 14.7 Å². The minimum Gasteiger partial charge on any atom is -0.507 e. The highest BCUT2D eigenvalue weighted by atomic mass is 16.5. The summed E-state index contributed by atoms with van der Waals surface area (Å²) in [5, 5.41) is 10.2. The van der Waals surface area contributed by atoms with Gasteiger partial charge < -0.3 is 9.84 Å². The summed E-state index contributed by atoms with van der Waals surface area (Å²) < 4.78 is 4.79. The van der Waals surface area contributed by atoms with E-state index >= 15 is 0 Å². The lowest BCUT2D eigenvalue weighted by atomic mass is 9.95. The second-order valence-corrected chi connectivity index (χ2v) is 5.38. The first-order valence-corrected chi connectivity index (χ1v) is 7.15. The first-order valence-electron chi connectivity index (χ1n) is 7.15. The summed E-state index contributed by atoms with van der Waals surface area (Å²) in [6, 6.07) is 12.1. The first-order chi connectivity index (χ1) is 10.6. The van der Waals surface area contributed by atoms with Crippen LogP contribution in [0.15, 0.2) is 42.5 Å². The Kier molecular flexibility index (Phi) is 3.67. The third kappa shape index (κ3) is 2.37. The molecule has 2 aromatic carbocycles. The van der Waals surface area contributed by atoms with Crippen molar-refractivity contribution in [1.82, 2.24) is 0 Å². The van der Waals surface area contributed by atoms with E-state index in [1.54, 1.807) is 30.3 Å². The molecular formula is C18H16O4. The molecule has 1 N–H and O–H groups in total. The normalized spacial score (nSPS) is 16.1. The zero-order valence-electron chi connectivity index (χ0n) is 12.2. The molecule has 1 aliphatic carbocycles. The van der Waals surface area contributed by atoms with E-state index in [-0.39, 0.29) is 29.0 Å². The van der Waals surface area contributed by atoms with Crippen LogP contribution in [0, 0.1) is 0 Å². The van der Waals surface area contributed by atoms with Gasteiger partial charge >= 0.3 is 5.97 Å². The number of carbonyl (C=O) groups excluding carboxylic acids is 2. The van der Waals surface area contributed by atoms with Crippen molar-refractivity contribution in [2.75, 3.05) is 7.11 Å². The van der Waals surface area contributed by atoms with E-state index < -0.39 is 0 Å². The van der Waals surface area contributed by atoms with Crippen LogP contribution in [0.4, 0.5) is 0 Å². The maximum atomic E-state index is 12.5. The molecule has 2 aromatic rings. The van der Waals surface area contributed by atoms with Gasteiger partial charge in [-0.25, -0.2) is 0 Å². The number of aryl methyl sites for hydroxylation is 1. The predicted octanol–water partition coefficient (Wildman–Crippen LogP) is 2.83. The third-order valence-electron chi connectivity index (χ3n) is 4.10. The predicted molar refractivity (Wildman–Crippen MR) is 81.1 cm³/mol. The highest BCUT2D eigenvalue weighted by Crippen LogP contribution is 2.38. The Hall–Kier alpha value is -2.62. The fourth-order valence-corrected chi connectivity index (χ4v) is 2.96. The summed E-state index contributed by atoms with van der Waals surface area (Å²) in [5.41, 5.74) is 2.48. The van der Waals surface area contributed by atoms with Gasteiger partial charge in [-0.3, -0.25) is 9.59 Å². The highest BCUT2D eigenvalue weighted by molar-refractivity contribution is 6.10. The number of hydrogen-bond acceptors (Lipinski definition) is 4. The molecule has 4 nitrogen and oxygen atoms in total. The minimum absolute atomic E-state index is 0.0941. The first kappa shape index (κ1) is 14.3. The molecule has 0 saturated heterocycles. The quantitative estimate of drug-likeness (QED) is 0.699. The third-order valence-corrected chi connectivity index (χ3v) is 4.10. The smallest absolute Gasteiger partial charge is 0.313 e. The molecular weight excluding hydrogens is 280 g/mol. The summed E-state index contributed by atoms with van der Waals surface area (Å²) in [5.74, 6) is -0.974. The second-order valence-electron chi connectivity index (χ2n) is 5.38. The van der Waals surface area contributed by atoms with E-state index in [1.807, 2.05) is 6.07 Å². The van der Waals surface area contributed by atoms with Crippen molar-refractivity contribution in [2.45, 2.75) is 18.8 Å². The molecule has 4 heteroatoms. The number of ketones is 1. The van der Waals surface area contributed by atoms with Gasteiger partial charge in [-0.05, 0) is 36.1 Å². The lowest BCUT2D eigenvalue weighted by Crippen LogP contribution is -2.11. The molecule has 0 saturated carbocycles. The van der Waals surface area contributed by atoms with E-state index in [0.717, 1.165) is 11.1 Å². The van der Waals surface area contributed by atoms with Crippen molar-refractivity contribution in [3.63, 3.8) is 0 Å². The molecule has 0 aliphatic heterocycles. The molecule has 1 aliphatic rings. The van der Waals surface area contributed by atoms with E-state index in [4.69, 9.17) is 4.74 Å².